The van der Waals surface area contributed by atoms with Gasteiger partial charge in [-0.3, -0.25) is 0 Å². The zero-order valence-electron chi connectivity index (χ0n) is 15.4. The first kappa shape index (κ1) is 17.8. The summed E-state index contributed by atoms with van der Waals surface area (Å²) in [7, 11) is 0. The SMILES string of the molecule is Oc1c(Br)cc2ccccc2c1-c1c(O)c(-c2ccccc2)cc2ccccc12. The fourth-order valence-corrected chi connectivity index (χ4v) is 4.43. The average molecular weight is 441 g/mol. The first-order chi connectivity index (χ1) is 14.1. The van der Waals surface area contributed by atoms with E-state index in [-0.39, 0.29) is 11.5 Å². The summed E-state index contributed by atoms with van der Waals surface area (Å²) < 4.78 is 0.597. The molecule has 29 heavy (non-hydrogen) atoms. The fraction of sp³-hybridized carbons (Fsp3) is 0. The predicted octanol–water partition coefficient (Wildman–Crippen LogP) is 7.50. The maximum atomic E-state index is 11.4. The number of aromatic hydroxyl groups is 2. The van der Waals surface area contributed by atoms with Crippen molar-refractivity contribution >= 4 is 37.5 Å². The van der Waals surface area contributed by atoms with E-state index < -0.39 is 0 Å². The molecular weight excluding hydrogens is 424 g/mol. The Hall–Kier alpha value is -3.30. The van der Waals surface area contributed by atoms with Crippen LogP contribution in [0.1, 0.15) is 0 Å². The normalized spacial score (nSPS) is 11.2. The van der Waals surface area contributed by atoms with E-state index >= 15 is 0 Å². The van der Waals surface area contributed by atoms with Gasteiger partial charge in [0.05, 0.1) is 4.47 Å². The van der Waals surface area contributed by atoms with Gasteiger partial charge in [0.15, 0.2) is 0 Å². The largest absolute Gasteiger partial charge is 0.507 e. The van der Waals surface area contributed by atoms with Gasteiger partial charge in [-0.15, -0.1) is 0 Å². The van der Waals surface area contributed by atoms with E-state index in [0.29, 0.717) is 15.6 Å². The van der Waals surface area contributed by atoms with Crippen LogP contribution < -0.4 is 0 Å². The van der Waals surface area contributed by atoms with Crippen LogP contribution in [0.4, 0.5) is 0 Å². The van der Waals surface area contributed by atoms with Gasteiger partial charge in [0.25, 0.3) is 0 Å². The molecule has 0 atom stereocenters. The van der Waals surface area contributed by atoms with E-state index in [1.807, 2.05) is 91.0 Å². The zero-order valence-corrected chi connectivity index (χ0v) is 17.0. The lowest BCUT2D eigenvalue weighted by molar-refractivity contribution is 0.469. The Kier molecular flexibility index (Phi) is 4.26. The highest BCUT2D eigenvalue weighted by Gasteiger charge is 2.21. The van der Waals surface area contributed by atoms with Crippen molar-refractivity contribution < 1.29 is 10.2 Å². The van der Waals surface area contributed by atoms with Gasteiger partial charge >= 0.3 is 0 Å². The Morgan fingerprint density at radius 2 is 1.07 bits per heavy atom. The molecule has 2 nitrogen and oxygen atoms in total. The molecule has 0 unspecified atom stereocenters. The van der Waals surface area contributed by atoms with Gasteiger partial charge in [0.2, 0.25) is 0 Å². The van der Waals surface area contributed by atoms with Crippen molar-refractivity contribution in [2.24, 2.45) is 0 Å². The van der Waals surface area contributed by atoms with Crippen LogP contribution in [0.15, 0.2) is 95.5 Å². The lowest BCUT2D eigenvalue weighted by atomic mass is 9.89. The van der Waals surface area contributed by atoms with Crippen LogP contribution in [0.2, 0.25) is 0 Å². The second-order valence-corrected chi connectivity index (χ2v) is 7.89. The summed E-state index contributed by atoms with van der Waals surface area (Å²) in [5, 5.41) is 26.2. The Morgan fingerprint density at radius 1 is 0.552 bits per heavy atom. The molecule has 0 aliphatic carbocycles. The molecule has 5 aromatic rings. The fourth-order valence-electron chi connectivity index (χ4n) is 3.98. The van der Waals surface area contributed by atoms with Crippen LogP contribution in [0.25, 0.3) is 43.8 Å². The molecule has 3 heteroatoms. The van der Waals surface area contributed by atoms with Crippen molar-refractivity contribution in [3.05, 3.63) is 95.5 Å². The molecule has 2 N–H and O–H groups in total. The number of benzene rings is 5. The topological polar surface area (TPSA) is 40.5 Å². The number of hydrogen-bond acceptors (Lipinski definition) is 2. The maximum absolute atomic E-state index is 11.4. The van der Waals surface area contributed by atoms with Crippen LogP contribution in [0, 0.1) is 0 Å². The second kappa shape index (κ2) is 6.94. The average Bonchev–Trinajstić information content (AvgIpc) is 2.76. The third kappa shape index (κ3) is 2.86. The van der Waals surface area contributed by atoms with E-state index in [2.05, 4.69) is 15.9 Å². The number of fused-ring (bicyclic) bond motifs is 2. The molecule has 140 valence electrons. The molecular formula is C26H17BrO2. The van der Waals surface area contributed by atoms with E-state index in [4.69, 9.17) is 0 Å². The van der Waals surface area contributed by atoms with Crippen molar-refractivity contribution in [1.82, 2.24) is 0 Å². The molecule has 0 amide bonds. The van der Waals surface area contributed by atoms with Crippen molar-refractivity contribution in [3.63, 3.8) is 0 Å². The van der Waals surface area contributed by atoms with Crippen molar-refractivity contribution in [3.8, 4) is 33.8 Å². The highest BCUT2D eigenvalue weighted by molar-refractivity contribution is 9.10. The van der Waals surface area contributed by atoms with Gasteiger partial charge < -0.3 is 10.2 Å². The van der Waals surface area contributed by atoms with Crippen LogP contribution in [0.3, 0.4) is 0 Å². The summed E-state index contributed by atoms with van der Waals surface area (Å²) in [6.45, 7) is 0. The Balaban J connectivity index is 1.98. The molecule has 0 aliphatic rings. The Bertz CT molecular complexity index is 1370. The maximum Gasteiger partial charge on any atom is 0.138 e. The Morgan fingerprint density at radius 3 is 1.72 bits per heavy atom. The standard InChI is InChI=1S/C26H17BrO2/c27-22-15-18-11-5-7-13-20(18)24(26(22)29)23-19-12-6-4-10-17(19)14-21(25(23)28)16-8-2-1-3-9-16/h1-15,28-29H. The third-order valence-corrected chi connectivity index (χ3v) is 5.94. The molecule has 0 bridgehead atoms. The number of halogens is 1. The second-order valence-electron chi connectivity index (χ2n) is 7.04. The minimum Gasteiger partial charge on any atom is -0.507 e. The number of hydrogen-bond donors (Lipinski definition) is 2. The summed E-state index contributed by atoms with van der Waals surface area (Å²) in [5.41, 5.74) is 2.93. The van der Waals surface area contributed by atoms with Crippen LogP contribution in [-0.2, 0) is 0 Å². The van der Waals surface area contributed by atoms with Crippen molar-refractivity contribution in [2.45, 2.75) is 0 Å². The minimum absolute atomic E-state index is 0.120. The molecule has 0 radical (unpaired) electrons. The molecule has 5 aromatic carbocycles. The lowest BCUT2D eigenvalue weighted by Crippen LogP contribution is -1.90. The monoisotopic (exact) mass is 440 g/mol. The summed E-state index contributed by atoms with van der Waals surface area (Å²) in [5.74, 6) is 0.280. The molecule has 0 heterocycles. The molecule has 0 aromatic heterocycles. The Labute approximate surface area is 176 Å². The summed E-state index contributed by atoms with van der Waals surface area (Å²) in [4.78, 5) is 0. The van der Waals surface area contributed by atoms with Gasteiger partial charge in [-0.2, -0.15) is 0 Å². The first-order valence-electron chi connectivity index (χ1n) is 9.36. The van der Waals surface area contributed by atoms with Gasteiger partial charge in [0.1, 0.15) is 11.5 Å². The molecule has 0 fully saturated rings. The smallest absolute Gasteiger partial charge is 0.138 e. The quantitative estimate of drug-likeness (QED) is 0.298. The van der Waals surface area contributed by atoms with Gasteiger partial charge in [-0.05, 0) is 55.2 Å². The molecule has 0 spiro atoms. The summed E-state index contributed by atoms with van der Waals surface area (Å²) >= 11 is 3.48. The van der Waals surface area contributed by atoms with Crippen molar-refractivity contribution in [1.29, 1.82) is 0 Å². The number of phenols is 2. The minimum atomic E-state index is 0.120. The zero-order chi connectivity index (χ0) is 20.0. The van der Waals surface area contributed by atoms with E-state index in [1.165, 1.54) is 0 Å². The predicted molar refractivity (Wildman–Crippen MR) is 123 cm³/mol. The number of phenolic OH excluding ortho intramolecular Hbond substituents is 2. The highest BCUT2D eigenvalue weighted by Crippen LogP contribution is 2.50. The van der Waals surface area contributed by atoms with Crippen LogP contribution >= 0.6 is 15.9 Å². The van der Waals surface area contributed by atoms with E-state index in [9.17, 15) is 10.2 Å². The van der Waals surface area contributed by atoms with Crippen LogP contribution in [0.5, 0.6) is 11.5 Å². The van der Waals surface area contributed by atoms with E-state index in [1.54, 1.807) is 0 Å². The van der Waals surface area contributed by atoms with Gasteiger partial charge in [-0.1, -0.05) is 78.9 Å². The van der Waals surface area contributed by atoms with Gasteiger partial charge in [0, 0.05) is 16.7 Å². The summed E-state index contributed by atoms with van der Waals surface area (Å²) in [6.07, 6.45) is 0. The summed E-state index contributed by atoms with van der Waals surface area (Å²) in [6, 6.07) is 29.5. The van der Waals surface area contributed by atoms with E-state index in [0.717, 1.165) is 32.7 Å². The van der Waals surface area contributed by atoms with Crippen LogP contribution in [-0.4, -0.2) is 10.2 Å². The highest BCUT2D eigenvalue weighted by atomic mass is 79.9. The van der Waals surface area contributed by atoms with Crippen molar-refractivity contribution in [2.75, 3.05) is 0 Å². The molecule has 0 aliphatic heterocycles. The molecule has 0 saturated carbocycles. The third-order valence-electron chi connectivity index (χ3n) is 5.33. The molecule has 5 rings (SSSR count). The van der Waals surface area contributed by atoms with Gasteiger partial charge in [-0.25, -0.2) is 0 Å². The lowest BCUT2D eigenvalue weighted by Gasteiger charge is -2.18. The number of rotatable bonds is 2. The first-order valence-corrected chi connectivity index (χ1v) is 10.1. The molecule has 0 saturated heterocycles.